The third-order valence-corrected chi connectivity index (χ3v) is 4.06. The number of hydrogen-bond acceptors (Lipinski definition) is 3. The van der Waals surface area contributed by atoms with Crippen LogP contribution < -0.4 is 14.8 Å². The molecule has 0 spiro atoms. The van der Waals surface area contributed by atoms with E-state index in [1.807, 2.05) is 0 Å². The fourth-order valence-electron chi connectivity index (χ4n) is 2.22. The molecule has 0 radical (unpaired) electrons. The Kier molecular flexibility index (Phi) is 4.73. The third kappa shape index (κ3) is 3.59. The van der Waals surface area contributed by atoms with Crippen molar-refractivity contribution in [3.05, 3.63) is 56.8 Å². The molecule has 0 atom stereocenters. The van der Waals surface area contributed by atoms with Crippen LogP contribution in [-0.4, -0.2) is 19.1 Å². The number of rotatable bonds is 3. The molecule has 1 amide bonds. The van der Waals surface area contributed by atoms with E-state index in [9.17, 15) is 9.18 Å². The molecule has 0 saturated heterocycles. The number of hydrogen-bond donors (Lipinski definition) is 1. The maximum Gasteiger partial charge on any atom is 0.254 e. The molecule has 2 aromatic rings. The predicted octanol–water partition coefficient (Wildman–Crippen LogP) is 3.94. The van der Waals surface area contributed by atoms with E-state index in [1.54, 1.807) is 18.2 Å². The first-order valence-electron chi connectivity index (χ1n) is 6.86. The first-order valence-corrected chi connectivity index (χ1v) is 8.03. The number of ether oxygens (including phenoxy) is 2. The molecular weight excluding hydrogens is 389 g/mol. The maximum absolute atomic E-state index is 13.8. The third-order valence-electron chi connectivity index (χ3n) is 3.29. The molecule has 1 heterocycles. The van der Waals surface area contributed by atoms with Crippen molar-refractivity contribution in [2.75, 3.05) is 13.2 Å². The van der Waals surface area contributed by atoms with Crippen LogP contribution in [0.3, 0.4) is 0 Å². The largest absolute Gasteiger partial charge is 0.486 e. The van der Waals surface area contributed by atoms with Crippen molar-refractivity contribution in [3.63, 3.8) is 0 Å². The molecule has 120 valence electrons. The van der Waals surface area contributed by atoms with E-state index in [-0.39, 0.29) is 12.1 Å². The molecule has 2 aromatic carbocycles. The molecule has 1 aliphatic heterocycles. The van der Waals surface area contributed by atoms with Crippen LogP contribution in [0.15, 0.2) is 34.8 Å². The fraction of sp³-hybridized carbons (Fsp3) is 0.188. The van der Waals surface area contributed by atoms with Gasteiger partial charge in [-0.15, -0.1) is 0 Å². The minimum atomic E-state index is -0.586. The Labute approximate surface area is 145 Å². The van der Waals surface area contributed by atoms with Gasteiger partial charge in [0.2, 0.25) is 0 Å². The molecular formula is C16H12BrClFNO3. The Morgan fingerprint density at radius 1 is 1.26 bits per heavy atom. The lowest BCUT2D eigenvalue weighted by Crippen LogP contribution is -2.24. The van der Waals surface area contributed by atoms with Gasteiger partial charge in [-0.1, -0.05) is 27.5 Å². The van der Waals surface area contributed by atoms with Crippen LogP contribution in [0.4, 0.5) is 4.39 Å². The van der Waals surface area contributed by atoms with Gasteiger partial charge < -0.3 is 14.8 Å². The molecule has 0 unspecified atom stereocenters. The highest BCUT2D eigenvalue weighted by Crippen LogP contribution is 2.38. The van der Waals surface area contributed by atoms with Gasteiger partial charge in [0.25, 0.3) is 5.91 Å². The number of nitrogens with one attached hydrogen (secondary N) is 1. The minimum Gasteiger partial charge on any atom is -0.486 e. The second-order valence-corrected chi connectivity index (χ2v) is 6.23. The van der Waals surface area contributed by atoms with Crippen molar-refractivity contribution in [2.45, 2.75) is 6.54 Å². The molecule has 3 rings (SSSR count). The van der Waals surface area contributed by atoms with Gasteiger partial charge in [-0.05, 0) is 35.9 Å². The van der Waals surface area contributed by atoms with Crippen molar-refractivity contribution >= 4 is 33.4 Å². The number of carbonyl (C=O) groups is 1. The molecule has 1 N–H and O–H groups in total. The molecule has 0 fully saturated rings. The molecule has 0 bridgehead atoms. The topological polar surface area (TPSA) is 47.6 Å². The summed E-state index contributed by atoms with van der Waals surface area (Å²) in [5.74, 6) is -0.0344. The van der Waals surface area contributed by atoms with Gasteiger partial charge in [0.15, 0.2) is 11.5 Å². The van der Waals surface area contributed by atoms with E-state index in [0.29, 0.717) is 34.2 Å². The molecule has 23 heavy (non-hydrogen) atoms. The summed E-state index contributed by atoms with van der Waals surface area (Å²) in [5, 5.41) is 3.08. The second kappa shape index (κ2) is 6.76. The number of amides is 1. The van der Waals surface area contributed by atoms with Gasteiger partial charge >= 0.3 is 0 Å². The smallest absolute Gasteiger partial charge is 0.254 e. The Morgan fingerprint density at radius 2 is 2.04 bits per heavy atom. The Morgan fingerprint density at radius 3 is 2.83 bits per heavy atom. The highest BCUT2D eigenvalue weighted by atomic mass is 79.9. The van der Waals surface area contributed by atoms with E-state index in [1.165, 1.54) is 12.1 Å². The summed E-state index contributed by atoms with van der Waals surface area (Å²) in [7, 11) is 0. The van der Waals surface area contributed by atoms with Crippen LogP contribution in [0.25, 0.3) is 0 Å². The predicted molar refractivity (Wildman–Crippen MR) is 87.7 cm³/mol. The van der Waals surface area contributed by atoms with Crippen molar-refractivity contribution in [1.29, 1.82) is 0 Å². The lowest BCUT2D eigenvalue weighted by molar-refractivity contribution is 0.0946. The summed E-state index contributed by atoms with van der Waals surface area (Å²) >= 11 is 9.29. The number of fused-ring (bicyclic) bond motifs is 1. The fourth-order valence-corrected chi connectivity index (χ4v) is 2.84. The van der Waals surface area contributed by atoms with Crippen LogP contribution in [0.1, 0.15) is 15.9 Å². The number of benzene rings is 2. The Balaban J connectivity index is 1.73. The monoisotopic (exact) mass is 399 g/mol. The van der Waals surface area contributed by atoms with Crippen LogP contribution >= 0.6 is 27.5 Å². The van der Waals surface area contributed by atoms with Crippen molar-refractivity contribution < 1.29 is 18.7 Å². The quantitative estimate of drug-likeness (QED) is 0.849. The molecule has 7 heteroatoms. The van der Waals surface area contributed by atoms with E-state index < -0.39 is 11.7 Å². The minimum absolute atomic E-state index is 0.0168. The van der Waals surface area contributed by atoms with Crippen molar-refractivity contribution in [2.24, 2.45) is 0 Å². The first kappa shape index (κ1) is 16.1. The summed E-state index contributed by atoms with van der Waals surface area (Å²) in [6, 6.07) is 7.71. The zero-order valence-electron chi connectivity index (χ0n) is 11.9. The molecule has 0 aliphatic carbocycles. The first-order chi connectivity index (χ1) is 11.0. The highest BCUT2D eigenvalue weighted by molar-refractivity contribution is 9.10. The van der Waals surface area contributed by atoms with Crippen LogP contribution in [0.2, 0.25) is 5.02 Å². The molecule has 0 aromatic heterocycles. The standard InChI is InChI=1S/C16H12BrClFNO3/c17-10-1-2-11(13(19)7-10)16(21)20-8-9-5-12(18)15-14(6-9)22-3-4-23-15/h1-2,5-7H,3-4,8H2,(H,20,21). The zero-order chi connectivity index (χ0) is 16.4. The van der Waals surface area contributed by atoms with Gasteiger partial charge in [-0.2, -0.15) is 0 Å². The summed E-state index contributed by atoms with van der Waals surface area (Å²) in [6.07, 6.45) is 0. The molecule has 0 saturated carbocycles. The SMILES string of the molecule is O=C(NCc1cc(Cl)c2c(c1)OCCO2)c1ccc(Br)cc1F. The molecule has 4 nitrogen and oxygen atoms in total. The van der Waals surface area contributed by atoms with E-state index >= 15 is 0 Å². The number of carbonyl (C=O) groups excluding carboxylic acids is 1. The summed E-state index contributed by atoms with van der Waals surface area (Å²) < 4.78 is 25.3. The zero-order valence-corrected chi connectivity index (χ0v) is 14.2. The summed E-state index contributed by atoms with van der Waals surface area (Å²) in [4.78, 5) is 12.1. The average molecular weight is 401 g/mol. The van der Waals surface area contributed by atoms with Crippen LogP contribution in [0, 0.1) is 5.82 Å². The molecule has 1 aliphatic rings. The Hall–Kier alpha value is -1.79. The van der Waals surface area contributed by atoms with E-state index in [4.69, 9.17) is 21.1 Å². The lowest BCUT2D eigenvalue weighted by atomic mass is 10.1. The lowest BCUT2D eigenvalue weighted by Gasteiger charge is -2.20. The van der Waals surface area contributed by atoms with Crippen molar-refractivity contribution in [1.82, 2.24) is 5.32 Å². The Bertz CT molecular complexity index is 769. The van der Waals surface area contributed by atoms with Crippen LogP contribution in [-0.2, 0) is 6.54 Å². The summed E-state index contributed by atoms with van der Waals surface area (Å²) in [6.45, 7) is 1.10. The average Bonchev–Trinajstić information content (AvgIpc) is 2.53. The number of halogens is 3. The van der Waals surface area contributed by atoms with Crippen LogP contribution in [0.5, 0.6) is 11.5 Å². The maximum atomic E-state index is 13.8. The van der Waals surface area contributed by atoms with E-state index in [0.717, 1.165) is 5.56 Å². The van der Waals surface area contributed by atoms with Gasteiger partial charge in [-0.3, -0.25) is 4.79 Å². The normalized spacial score (nSPS) is 12.8. The summed E-state index contributed by atoms with van der Waals surface area (Å²) in [5.41, 5.74) is 0.724. The highest BCUT2D eigenvalue weighted by Gasteiger charge is 2.17. The van der Waals surface area contributed by atoms with Gasteiger partial charge in [0.05, 0.1) is 10.6 Å². The second-order valence-electron chi connectivity index (χ2n) is 4.91. The van der Waals surface area contributed by atoms with Crippen molar-refractivity contribution in [3.8, 4) is 11.5 Å². The van der Waals surface area contributed by atoms with Gasteiger partial charge in [0, 0.05) is 11.0 Å². The van der Waals surface area contributed by atoms with Gasteiger partial charge in [0.1, 0.15) is 19.0 Å². The van der Waals surface area contributed by atoms with Gasteiger partial charge in [-0.25, -0.2) is 4.39 Å². The van der Waals surface area contributed by atoms with E-state index in [2.05, 4.69) is 21.2 Å².